The molecule has 0 atom stereocenters. The molecule has 0 fully saturated rings. The van der Waals surface area contributed by atoms with Crippen molar-refractivity contribution in [1.82, 2.24) is 0 Å². The van der Waals surface area contributed by atoms with E-state index in [1.54, 1.807) is 12.2 Å². The summed E-state index contributed by atoms with van der Waals surface area (Å²) in [6, 6.07) is 7.50. The van der Waals surface area contributed by atoms with Crippen molar-refractivity contribution < 1.29 is 4.79 Å². The van der Waals surface area contributed by atoms with E-state index in [0.29, 0.717) is 5.02 Å². The zero-order valence-corrected chi connectivity index (χ0v) is 7.74. The number of hydrogen-bond acceptors (Lipinski definition) is 1. The average molecular weight is 193 g/mol. The van der Waals surface area contributed by atoms with Gasteiger partial charge in [-0.1, -0.05) is 42.0 Å². The molecular weight excluding hydrogens is 184 g/mol. The minimum absolute atomic E-state index is 0.710. The fourth-order valence-electron chi connectivity index (χ4n) is 0.886. The Labute approximate surface area is 82.3 Å². The molecule has 1 rings (SSSR count). The molecular formula is C11H9ClO. The van der Waals surface area contributed by atoms with Gasteiger partial charge in [0.15, 0.2) is 0 Å². The number of hydrogen-bond donors (Lipinski definition) is 0. The fraction of sp³-hybridized carbons (Fsp3) is 0. The van der Waals surface area contributed by atoms with Gasteiger partial charge in [0.1, 0.15) is 6.29 Å². The van der Waals surface area contributed by atoms with Crippen LogP contribution >= 0.6 is 11.6 Å². The maximum atomic E-state index is 9.93. The number of aldehydes is 1. The molecule has 1 nitrogen and oxygen atoms in total. The molecule has 0 spiro atoms. The molecule has 0 bridgehead atoms. The van der Waals surface area contributed by atoms with Crippen LogP contribution in [0.5, 0.6) is 0 Å². The summed E-state index contributed by atoms with van der Waals surface area (Å²) in [5.41, 5.74) is 1.02. The number of benzene rings is 1. The maximum Gasteiger partial charge on any atom is 0.142 e. The molecule has 1 aromatic carbocycles. The third kappa shape index (κ3) is 3.72. The summed E-state index contributed by atoms with van der Waals surface area (Å²) in [5.74, 6) is 0. The highest BCUT2D eigenvalue weighted by Gasteiger charge is 1.86. The summed E-state index contributed by atoms with van der Waals surface area (Å²) in [6.45, 7) is 0. The lowest BCUT2D eigenvalue weighted by Crippen LogP contribution is -1.69. The van der Waals surface area contributed by atoms with Crippen molar-refractivity contribution in [3.05, 3.63) is 53.1 Å². The molecule has 13 heavy (non-hydrogen) atoms. The normalized spacial score (nSPS) is 11.2. The fourth-order valence-corrected chi connectivity index (χ4v) is 1.09. The largest absolute Gasteiger partial charge is 0.299 e. The van der Waals surface area contributed by atoms with Gasteiger partial charge in [0.05, 0.1) is 0 Å². The molecule has 0 amide bonds. The number of carbonyl (C=O) groups is 1. The number of halogens is 1. The van der Waals surface area contributed by atoms with Crippen molar-refractivity contribution in [3.63, 3.8) is 0 Å². The molecule has 0 aromatic heterocycles. The first-order chi connectivity index (χ1) is 6.33. The van der Waals surface area contributed by atoms with Gasteiger partial charge in [-0.25, -0.2) is 0 Å². The van der Waals surface area contributed by atoms with Gasteiger partial charge in [0.25, 0.3) is 0 Å². The molecule has 2 heteroatoms. The zero-order chi connectivity index (χ0) is 9.52. The van der Waals surface area contributed by atoms with Gasteiger partial charge in [0, 0.05) is 5.02 Å². The highest BCUT2D eigenvalue weighted by Crippen LogP contribution is 2.11. The summed E-state index contributed by atoms with van der Waals surface area (Å²) >= 11 is 5.78. The summed E-state index contributed by atoms with van der Waals surface area (Å²) in [7, 11) is 0. The molecule has 0 saturated carbocycles. The molecule has 0 unspecified atom stereocenters. The summed E-state index contributed by atoms with van der Waals surface area (Å²) in [5, 5.41) is 0.710. The van der Waals surface area contributed by atoms with Crippen molar-refractivity contribution in [2.75, 3.05) is 0 Å². The average Bonchev–Trinajstić information content (AvgIpc) is 2.13. The lowest BCUT2D eigenvalue weighted by Gasteiger charge is -1.91. The van der Waals surface area contributed by atoms with Crippen LogP contribution in [0, 0.1) is 0 Å². The van der Waals surface area contributed by atoms with E-state index in [4.69, 9.17) is 11.6 Å². The van der Waals surface area contributed by atoms with E-state index in [-0.39, 0.29) is 0 Å². The number of allylic oxidation sites excluding steroid dienone is 3. The zero-order valence-electron chi connectivity index (χ0n) is 6.98. The monoisotopic (exact) mass is 192 g/mol. The highest BCUT2D eigenvalue weighted by atomic mass is 35.5. The second-order valence-electron chi connectivity index (χ2n) is 2.44. The molecule has 66 valence electrons. The van der Waals surface area contributed by atoms with Crippen molar-refractivity contribution >= 4 is 24.0 Å². The molecule has 0 saturated heterocycles. The van der Waals surface area contributed by atoms with E-state index in [0.717, 1.165) is 11.8 Å². The summed E-state index contributed by atoms with van der Waals surface area (Å²) in [4.78, 5) is 9.93. The Morgan fingerprint density at radius 3 is 2.69 bits per heavy atom. The van der Waals surface area contributed by atoms with Crippen LogP contribution in [-0.4, -0.2) is 6.29 Å². The van der Waals surface area contributed by atoms with Crippen LogP contribution in [0.15, 0.2) is 42.5 Å². The lowest BCUT2D eigenvalue weighted by molar-refractivity contribution is -0.104. The van der Waals surface area contributed by atoms with E-state index in [9.17, 15) is 4.79 Å². The third-order valence-electron chi connectivity index (χ3n) is 1.44. The Balaban J connectivity index is 2.68. The molecule has 0 aliphatic rings. The second kappa shape index (κ2) is 5.33. The first kappa shape index (κ1) is 9.75. The first-order valence-electron chi connectivity index (χ1n) is 3.87. The van der Waals surface area contributed by atoms with Crippen molar-refractivity contribution in [2.45, 2.75) is 0 Å². The number of carbonyl (C=O) groups excluding carboxylic acids is 1. The van der Waals surface area contributed by atoms with Crippen molar-refractivity contribution in [3.8, 4) is 0 Å². The Morgan fingerprint density at radius 1 is 1.15 bits per heavy atom. The standard InChI is InChI=1S/C11H9ClO/c12-11-7-4-6-10(9-11)5-2-1-3-8-13/h1-9H/b3-1+,5-2+. The quantitative estimate of drug-likeness (QED) is 0.409. The van der Waals surface area contributed by atoms with E-state index in [1.165, 1.54) is 6.08 Å². The van der Waals surface area contributed by atoms with Gasteiger partial charge in [0.2, 0.25) is 0 Å². The topological polar surface area (TPSA) is 17.1 Å². The van der Waals surface area contributed by atoms with E-state index in [1.807, 2.05) is 30.3 Å². The lowest BCUT2D eigenvalue weighted by atomic mass is 10.2. The minimum atomic E-state index is 0.710. The van der Waals surface area contributed by atoms with E-state index >= 15 is 0 Å². The maximum absolute atomic E-state index is 9.93. The van der Waals surface area contributed by atoms with Gasteiger partial charge >= 0.3 is 0 Å². The number of rotatable bonds is 3. The Kier molecular flexibility index (Phi) is 4.00. The van der Waals surface area contributed by atoms with Crippen molar-refractivity contribution in [1.29, 1.82) is 0 Å². The van der Waals surface area contributed by atoms with E-state index in [2.05, 4.69) is 0 Å². The van der Waals surface area contributed by atoms with E-state index < -0.39 is 0 Å². The molecule has 0 aliphatic carbocycles. The van der Waals surface area contributed by atoms with Gasteiger partial charge in [-0.05, 0) is 23.8 Å². The predicted octanol–water partition coefficient (Wildman–Crippen LogP) is 3.11. The Hall–Kier alpha value is -1.34. The Bertz CT molecular complexity index is 340. The van der Waals surface area contributed by atoms with Crippen LogP contribution in [0.1, 0.15) is 5.56 Å². The van der Waals surface area contributed by atoms with Crippen LogP contribution in [0.2, 0.25) is 5.02 Å². The van der Waals surface area contributed by atoms with Gasteiger partial charge < -0.3 is 0 Å². The molecule has 1 aromatic rings. The summed E-state index contributed by atoms with van der Waals surface area (Å²) in [6.07, 6.45) is 7.52. The van der Waals surface area contributed by atoms with Gasteiger partial charge in [-0.3, -0.25) is 4.79 Å². The predicted molar refractivity (Wildman–Crippen MR) is 55.7 cm³/mol. The molecule has 0 aliphatic heterocycles. The minimum Gasteiger partial charge on any atom is -0.299 e. The second-order valence-corrected chi connectivity index (χ2v) is 2.87. The Morgan fingerprint density at radius 2 is 2.00 bits per heavy atom. The molecule has 0 heterocycles. The van der Waals surface area contributed by atoms with Crippen LogP contribution in [0.4, 0.5) is 0 Å². The highest BCUT2D eigenvalue weighted by molar-refractivity contribution is 6.30. The van der Waals surface area contributed by atoms with Crippen molar-refractivity contribution in [2.24, 2.45) is 0 Å². The molecule has 0 radical (unpaired) electrons. The first-order valence-corrected chi connectivity index (χ1v) is 4.25. The van der Waals surface area contributed by atoms with Crippen LogP contribution < -0.4 is 0 Å². The SMILES string of the molecule is O=C/C=C/C=C/c1cccc(Cl)c1. The summed E-state index contributed by atoms with van der Waals surface area (Å²) < 4.78 is 0. The van der Waals surface area contributed by atoms with Gasteiger partial charge in [-0.15, -0.1) is 0 Å². The smallest absolute Gasteiger partial charge is 0.142 e. The van der Waals surface area contributed by atoms with Crippen LogP contribution in [0.25, 0.3) is 6.08 Å². The van der Waals surface area contributed by atoms with Crippen LogP contribution in [0.3, 0.4) is 0 Å². The molecule has 0 N–H and O–H groups in total. The van der Waals surface area contributed by atoms with Crippen LogP contribution in [-0.2, 0) is 4.79 Å². The third-order valence-corrected chi connectivity index (χ3v) is 1.67. The van der Waals surface area contributed by atoms with Gasteiger partial charge in [-0.2, -0.15) is 0 Å².